The first-order chi connectivity index (χ1) is 9.45. The number of nitrogens with one attached hydrogen (secondary N) is 1. The highest BCUT2D eigenvalue weighted by atomic mass is 32.2. The summed E-state index contributed by atoms with van der Waals surface area (Å²) in [5.74, 6) is -1.12. The maximum Gasteiger partial charge on any atom is 0.352 e. The van der Waals surface area contributed by atoms with Gasteiger partial charge in [0.05, 0.1) is 6.61 Å². The standard InChI is InChI=1S/C12H18N2O5S/c1-2-19-6-5-13-20(17,18)10-7-11(12(15)16)14(8-10)9-3-4-9/h7-9,13H,2-6H2,1H3,(H,15,16). The van der Waals surface area contributed by atoms with E-state index in [1.807, 2.05) is 6.92 Å². The molecule has 20 heavy (non-hydrogen) atoms. The molecule has 1 aromatic heterocycles. The SMILES string of the molecule is CCOCCNS(=O)(=O)c1cc(C(=O)O)n(C2CC2)c1. The van der Waals surface area contributed by atoms with Crippen LogP contribution in [0.3, 0.4) is 0 Å². The zero-order chi connectivity index (χ0) is 14.8. The molecular weight excluding hydrogens is 284 g/mol. The number of hydrogen-bond donors (Lipinski definition) is 2. The smallest absolute Gasteiger partial charge is 0.352 e. The normalized spacial score (nSPS) is 15.4. The number of hydrogen-bond acceptors (Lipinski definition) is 4. The second kappa shape index (κ2) is 5.94. The highest BCUT2D eigenvalue weighted by Gasteiger charge is 2.30. The Morgan fingerprint density at radius 2 is 2.25 bits per heavy atom. The van der Waals surface area contributed by atoms with Gasteiger partial charge < -0.3 is 14.4 Å². The average Bonchev–Trinajstić information content (AvgIpc) is 3.12. The summed E-state index contributed by atoms with van der Waals surface area (Å²) in [5, 5.41) is 9.11. The summed E-state index contributed by atoms with van der Waals surface area (Å²) in [4.78, 5) is 11.1. The third-order valence-corrected chi connectivity index (χ3v) is 4.46. The minimum Gasteiger partial charge on any atom is -0.477 e. The van der Waals surface area contributed by atoms with E-state index in [-0.39, 0.29) is 29.8 Å². The van der Waals surface area contributed by atoms with E-state index >= 15 is 0 Å². The molecule has 0 aliphatic heterocycles. The van der Waals surface area contributed by atoms with Crippen molar-refractivity contribution in [3.63, 3.8) is 0 Å². The molecule has 1 fully saturated rings. The fraction of sp³-hybridized carbons (Fsp3) is 0.583. The van der Waals surface area contributed by atoms with Crippen LogP contribution in [0, 0.1) is 0 Å². The van der Waals surface area contributed by atoms with Crippen LogP contribution >= 0.6 is 0 Å². The highest BCUT2D eigenvalue weighted by Crippen LogP contribution is 2.37. The molecule has 0 spiro atoms. The summed E-state index contributed by atoms with van der Waals surface area (Å²) in [5.41, 5.74) is 0.0117. The number of carboxylic acid groups (broad SMARTS) is 1. The lowest BCUT2D eigenvalue weighted by molar-refractivity contribution is 0.0685. The Kier molecular flexibility index (Phi) is 4.46. The third-order valence-electron chi connectivity index (χ3n) is 3.04. The minimum atomic E-state index is -3.70. The molecule has 0 saturated heterocycles. The van der Waals surface area contributed by atoms with Crippen molar-refractivity contribution in [1.82, 2.24) is 9.29 Å². The first-order valence-electron chi connectivity index (χ1n) is 6.48. The number of nitrogens with zero attached hydrogens (tertiary/aromatic N) is 1. The molecule has 112 valence electrons. The number of rotatable bonds is 8. The largest absolute Gasteiger partial charge is 0.477 e. The van der Waals surface area contributed by atoms with Crippen LogP contribution in [-0.4, -0.2) is 43.8 Å². The summed E-state index contributed by atoms with van der Waals surface area (Å²) in [6, 6.07) is 1.30. The predicted molar refractivity (Wildman–Crippen MR) is 71.3 cm³/mol. The Bertz CT molecular complexity index is 589. The Hall–Kier alpha value is -1.38. The van der Waals surface area contributed by atoms with Gasteiger partial charge >= 0.3 is 5.97 Å². The molecule has 2 rings (SSSR count). The second-order valence-electron chi connectivity index (χ2n) is 4.60. The fourth-order valence-corrected chi connectivity index (χ4v) is 2.94. The molecule has 1 aliphatic carbocycles. The van der Waals surface area contributed by atoms with Gasteiger partial charge in [-0.2, -0.15) is 0 Å². The average molecular weight is 302 g/mol. The van der Waals surface area contributed by atoms with Crippen LogP contribution < -0.4 is 4.72 Å². The van der Waals surface area contributed by atoms with Crippen LogP contribution in [0.1, 0.15) is 36.3 Å². The lowest BCUT2D eigenvalue weighted by Gasteiger charge is -2.05. The molecule has 0 aromatic carbocycles. The Labute approximate surface area is 117 Å². The Morgan fingerprint density at radius 3 is 2.80 bits per heavy atom. The third kappa shape index (κ3) is 3.38. The van der Waals surface area contributed by atoms with E-state index in [1.54, 1.807) is 0 Å². The van der Waals surface area contributed by atoms with E-state index in [0.29, 0.717) is 6.61 Å². The van der Waals surface area contributed by atoms with Crippen molar-refractivity contribution in [3.05, 3.63) is 18.0 Å². The molecule has 0 amide bonds. The van der Waals surface area contributed by atoms with Crippen molar-refractivity contribution in [3.8, 4) is 0 Å². The van der Waals surface area contributed by atoms with Gasteiger partial charge in [0.15, 0.2) is 0 Å². The lowest BCUT2D eigenvalue weighted by Crippen LogP contribution is -2.27. The van der Waals surface area contributed by atoms with Crippen molar-refractivity contribution in [1.29, 1.82) is 0 Å². The van der Waals surface area contributed by atoms with Gasteiger partial charge in [-0.1, -0.05) is 0 Å². The molecule has 7 nitrogen and oxygen atoms in total. The number of aromatic nitrogens is 1. The lowest BCUT2D eigenvalue weighted by atomic mass is 10.4. The van der Waals surface area contributed by atoms with Crippen molar-refractivity contribution >= 4 is 16.0 Å². The summed E-state index contributed by atoms with van der Waals surface area (Å²) >= 11 is 0. The first-order valence-corrected chi connectivity index (χ1v) is 7.96. The number of carbonyl (C=O) groups is 1. The number of carboxylic acids is 1. The van der Waals surface area contributed by atoms with E-state index in [9.17, 15) is 13.2 Å². The molecule has 1 aromatic rings. The Balaban J connectivity index is 2.15. The van der Waals surface area contributed by atoms with Gasteiger partial charge in [0.1, 0.15) is 10.6 Å². The van der Waals surface area contributed by atoms with Gasteiger partial charge in [0.25, 0.3) is 0 Å². The van der Waals surface area contributed by atoms with Crippen molar-refractivity contribution in [2.75, 3.05) is 19.8 Å². The Morgan fingerprint density at radius 1 is 1.55 bits per heavy atom. The number of ether oxygens (including phenoxy) is 1. The zero-order valence-electron chi connectivity index (χ0n) is 11.2. The zero-order valence-corrected chi connectivity index (χ0v) is 12.0. The van der Waals surface area contributed by atoms with Crippen molar-refractivity contribution in [2.45, 2.75) is 30.7 Å². The number of sulfonamides is 1. The van der Waals surface area contributed by atoms with Gasteiger partial charge in [-0.25, -0.2) is 17.9 Å². The van der Waals surface area contributed by atoms with Crippen LogP contribution in [0.25, 0.3) is 0 Å². The molecule has 0 bridgehead atoms. The van der Waals surface area contributed by atoms with Crippen LogP contribution in [0.15, 0.2) is 17.2 Å². The summed E-state index contributed by atoms with van der Waals surface area (Å²) in [6.07, 6.45) is 3.16. The molecule has 0 atom stereocenters. The molecule has 8 heteroatoms. The summed E-state index contributed by atoms with van der Waals surface area (Å²) in [7, 11) is -3.70. The first kappa shape index (κ1) is 15.0. The molecular formula is C12H18N2O5S. The van der Waals surface area contributed by atoms with Gasteiger partial charge in [0, 0.05) is 25.4 Å². The summed E-state index contributed by atoms with van der Waals surface area (Å²) < 4.78 is 33.1. The van der Waals surface area contributed by atoms with Crippen LogP contribution in [0.5, 0.6) is 0 Å². The molecule has 2 N–H and O–H groups in total. The molecule has 1 aliphatic rings. The monoisotopic (exact) mass is 302 g/mol. The van der Waals surface area contributed by atoms with Gasteiger partial charge in [-0.3, -0.25) is 0 Å². The van der Waals surface area contributed by atoms with Gasteiger partial charge in [-0.15, -0.1) is 0 Å². The second-order valence-corrected chi connectivity index (χ2v) is 6.37. The minimum absolute atomic E-state index is 0.0117. The van der Waals surface area contributed by atoms with Gasteiger partial charge in [-0.05, 0) is 25.8 Å². The van der Waals surface area contributed by atoms with E-state index in [1.165, 1.54) is 16.8 Å². The van der Waals surface area contributed by atoms with Crippen LogP contribution in [0.4, 0.5) is 0 Å². The predicted octanol–water partition coefficient (Wildman–Crippen LogP) is 0.836. The summed E-state index contributed by atoms with van der Waals surface area (Å²) in [6.45, 7) is 2.78. The van der Waals surface area contributed by atoms with Crippen molar-refractivity contribution < 1.29 is 23.1 Å². The van der Waals surface area contributed by atoms with Crippen LogP contribution in [0.2, 0.25) is 0 Å². The van der Waals surface area contributed by atoms with Crippen LogP contribution in [-0.2, 0) is 14.8 Å². The molecule has 0 radical (unpaired) electrons. The molecule has 1 heterocycles. The van der Waals surface area contributed by atoms with E-state index in [2.05, 4.69) is 4.72 Å². The topological polar surface area (TPSA) is 97.6 Å². The molecule has 0 unspecified atom stereocenters. The van der Waals surface area contributed by atoms with Gasteiger partial charge in [0.2, 0.25) is 10.0 Å². The quantitative estimate of drug-likeness (QED) is 0.693. The number of aromatic carboxylic acids is 1. The highest BCUT2D eigenvalue weighted by molar-refractivity contribution is 7.89. The van der Waals surface area contributed by atoms with E-state index in [4.69, 9.17) is 9.84 Å². The van der Waals surface area contributed by atoms with E-state index in [0.717, 1.165) is 12.8 Å². The van der Waals surface area contributed by atoms with Crippen molar-refractivity contribution in [2.24, 2.45) is 0 Å². The van der Waals surface area contributed by atoms with E-state index < -0.39 is 16.0 Å². The fourth-order valence-electron chi connectivity index (χ4n) is 1.90. The molecule has 1 saturated carbocycles. The maximum atomic E-state index is 12.1. The maximum absolute atomic E-state index is 12.1.